The molecule has 0 aliphatic rings. The Morgan fingerprint density at radius 2 is 2.10 bits per heavy atom. The molecule has 3 aromatic heterocycles. The summed E-state index contributed by atoms with van der Waals surface area (Å²) in [6, 6.07) is 9.10. The van der Waals surface area contributed by atoms with E-state index in [1.54, 1.807) is 18.6 Å². The minimum absolute atomic E-state index is 0.162. The number of nitrogens with zero attached hydrogens (tertiary/aromatic N) is 4. The number of nitrogens with one attached hydrogen (secondary N) is 1. The average molecular weight is 442 g/mol. The highest BCUT2D eigenvalue weighted by Crippen LogP contribution is 2.17. The van der Waals surface area contributed by atoms with Crippen molar-refractivity contribution in [1.29, 1.82) is 0 Å². The number of benzene rings is 1. The van der Waals surface area contributed by atoms with Crippen LogP contribution in [0, 0.1) is 0 Å². The molecule has 1 aromatic carbocycles. The molecular weight excluding hydrogens is 418 g/mol. The molecule has 1 N–H and O–H groups in total. The number of carbonyl (C=O) groups is 1. The predicted octanol–water partition coefficient (Wildman–Crippen LogP) is 2.00. The fraction of sp³-hybridized carbons (Fsp3) is 0.333. The molecule has 0 atom stereocenters. The zero-order chi connectivity index (χ0) is 22.0. The maximum Gasteiger partial charge on any atom is 0.352 e. The summed E-state index contributed by atoms with van der Waals surface area (Å²) in [6.45, 7) is 2.56. The second-order valence-corrected chi connectivity index (χ2v) is 8.07. The summed E-state index contributed by atoms with van der Waals surface area (Å²) in [5, 5.41) is 8.90. The van der Waals surface area contributed by atoms with Crippen molar-refractivity contribution < 1.29 is 9.53 Å². The van der Waals surface area contributed by atoms with Gasteiger partial charge in [0, 0.05) is 13.1 Å². The Hall–Kier alpha value is -3.40. The van der Waals surface area contributed by atoms with Gasteiger partial charge in [0.15, 0.2) is 0 Å². The van der Waals surface area contributed by atoms with E-state index in [2.05, 4.69) is 10.4 Å². The van der Waals surface area contributed by atoms with Gasteiger partial charge < -0.3 is 10.1 Å². The number of fused-ring (bicyclic) bond motifs is 3. The van der Waals surface area contributed by atoms with Gasteiger partial charge in [-0.25, -0.2) is 13.9 Å². The Bertz CT molecular complexity index is 1360. The highest BCUT2D eigenvalue weighted by atomic mass is 32.1. The zero-order valence-electron chi connectivity index (χ0n) is 17.3. The standard InChI is InChI=1S/C21H23N5O4S/c1-3-4-9-24-19(28)18-16(8-10-31-18)26-20(24)23-25(21(26)29)13-17(27)22-12-14-6-5-7-15(11-14)30-2/h5-8,10-11H,3-4,9,12-13H2,1-2H3,(H,22,27). The Morgan fingerprint density at radius 3 is 2.87 bits per heavy atom. The molecule has 0 spiro atoms. The third-order valence-electron chi connectivity index (χ3n) is 5.04. The summed E-state index contributed by atoms with van der Waals surface area (Å²) in [5.41, 5.74) is 0.792. The molecule has 3 heterocycles. The van der Waals surface area contributed by atoms with Crippen molar-refractivity contribution >= 4 is 33.2 Å². The van der Waals surface area contributed by atoms with Crippen LogP contribution in [0.1, 0.15) is 25.3 Å². The largest absolute Gasteiger partial charge is 0.497 e. The highest BCUT2D eigenvalue weighted by Gasteiger charge is 2.19. The van der Waals surface area contributed by atoms with E-state index in [1.165, 1.54) is 20.3 Å². The number of hydrogen-bond acceptors (Lipinski definition) is 6. The third kappa shape index (κ3) is 3.98. The Kier molecular flexibility index (Phi) is 5.90. The number of ether oxygens (including phenoxy) is 1. The van der Waals surface area contributed by atoms with Gasteiger partial charge in [-0.2, -0.15) is 0 Å². The SMILES string of the molecule is CCCCn1c(=O)c2sccc2n2c(=O)n(CC(=O)NCc3cccc(OC)c3)nc12. The molecule has 0 radical (unpaired) electrons. The van der Waals surface area contributed by atoms with Gasteiger partial charge in [0.05, 0.1) is 12.6 Å². The first kappa shape index (κ1) is 20.9. The summed E-state index contributed by atoms with van der Waals surface area (Å²) in [4.78, 5) is 38.4. The van der Waals surface area contributed by atoms with Crippen molar-refractivity contribution in [2.45, 2.75) is 39.4 Å². The molecule has 4 aromatic rings. The maximum absolute atomic E-state index is 13.0. The maximum atomic E-state index is 13.0. The molecule has 0 saturated heterocycles. The molecule has 0 saturated carbocycles. The minimum Gasteiger partial charge on any atom is -0.497 e. The van der Waals surface area contributed by atoms with Gasteiger partial charge in [-0.15, -0.1) is 16.4 Å². The van der Waals surface area contributed by atoms with Crippen LogP contribution >= 0.6 is 11.3 Å². The lowest BCUT2D eigenvalue weighted by Gasteiger charge is -2.07. The zero-order valence-corrected chi connectivity index (χ0v) is 18.1. The van der Waals surface area contributed by atoms with E-state index < -0.39 is 5.69 Å². The van der Waals surface area contributed by atoms with Gasteiger partial charge in [-0.3, -0.25) is 14.2 Å². The Labute approximate surface area is 181 Å². The van der Waals surface area contributed by atoms with Crippen molar-refractivity contribution in [2.24, 2.45) is 0 Å². The number of rotatable bonds is 8. The van der Waals surface area contributed by atoms with Gasteiger partial charge in [-0.05, 0) is 35.6 Å². The lowest BCUT2D eigenvalue weighted by Crippen LogP contribution is -2.32. The number of hydrogen-bond donors (Lipinski definition) is 1. The number of methoxy groups -OCH3 is 1. The second-order valence-electron chi connectivity index (χ2n) is 7.15. The molecule has 0 aliphatic carbocycles. The van der Waals surface area contributed by atoms with Gasteiger partial charge >= 0.3 is 5.69 Å². The van der Waals surface area contributed by atoms with E-state index in [9.17, 15) is 14.4 Å². The van der Waals surface area contributed by atoms with Crippen LogP contribution in [0.5, 0.6) is 5.75 Å². The molecular formula is C21H23N5O4S. The van der Waals surface area contributed by atoms with Crippen LogP contribution in [0.4, 0.5) is 0 Å². The fourth-order valence-electron chi connectivity index (χ4n) is 3.43. The van der Waals surface area contributed by atoms with Crippen LogP contribution < -0.4 is 21.3 Å². The van der Waals surface area contributed by atoms with Crippen molar-refractivity contribution in [3.8, 4) is 5.75 Å². The summed E-state index contributed by atoms with van der Waals surface area (Å²) >= 11 is 1.30. The first-order chi connectivity index (χ1) is 15.0. The number of thiophene rings is 1. The van der Waals surface area contributed by atoms with E-state index in [1.807, 2.05) is 31.2 Å². The first-order valence-electron chi connectivity index (χ1n) is 10.0. The van der Waals surface area contributed by atoms with E-state index in [4.69, 9.17) is 4.74 Å². The first-order valence-corrected chi connectivity index (χ1v) is 10.9. The van der Waals surface area contributed by atoms with Gasteiger partial charge in [0.2, 0.25) is 11.7 Å². The molecule has 0 fully saturated rings. The van der Waals surface area contributed by atoms with E-state index >= 15 is 0 Å². The number of unbranched alkanes of at least 4 members (excludes halogenated alkanes) is 1. The van der Waals surface area contributed by atoms with Gasteiger partial charge in [0.1, 0.15) is 17.0 Å². The normalized spacial score (nSPS) is 11.3. The molecule has 10 heteroatoms. The van der Waals surface area contributed by atoms with Crippen molar-refractivity contribution in [3.63, 3.8) is 0 Å². The predicted molar refractivity (Wildman–Crippen MR) is 119 cm³/mol. The lowest BCUT2D eigenvalue weighted by atomic mass is 10.2. The number of aryl methyl sites for hydroxylation is 1. The monoisotopic (exact) mass is 441 g/mol. The van der Waals surface area contributed by atoms with Crippen LogP contribution in [0.2, 0.25) is 0 Å². The van der Waals surface area contributed by atoms with Crippen LogP contribution in [-0.4, -0.2) is 31.8 Å². The quantitative estimate of drug-likeness (QED) is 0.451. The second kappa shape index (κ2) is 8.76. The molecule has 31 heavy (non-hydrogen) atoms. The summed E-state index contributed by atoms with van der Waals surface area (Å²) in [7, 11) is 1.58. The summed E-state index contributed by atoms with van der Waals surface area (Å²) in [6.07, 6.45) is 1.69. The molecule has 0 aliphatic heterocycles. The highest BCUT2D eigenvalue weighted by molar-refractivity contribution is 7.17. The smallest absolute Gasteiger partial charge is 0.352 e. The van der Waals surface area contributed by atoms with Crippen LogP contribution in [0.25, 0.3) is 16.0 Å². The van der Waals surface area contributed by atoms with E-state index in [0.717, 1.165) is 23.1 Å². The van der Waals surface area contributed by atoms with E-state index in [-0.39, 0.29) is 23.8 Å². The molecule has 0 bridgehead atoms. The number of aromatic nitrogens is 4. The van der Waals surface area contributed by atoms with E-state index in [0.29, 0.717) is 29.1 Å². The topological polar surface area (TPSA) is 99.6 Å². The van der Waals surface area contributed by atoms with Crippen LogP contribution in [-0.2, 0) is 24.4 Å². The number of carbonyl (C=O) groups excluding carboxylic acids is 1. The lowest BCUT2D eigenvalue weighted by molar-refractivity contribution is -0.122. The number of amides is 1. The van der Waals surface area contributed by atoms with Crippen LogP contribution in [0.3, 0.4) is 0 Å². The van der Waals surface area contributed by atoms with Crippen LogP contribution in [0.15, 0.2) is 45.3 Å². The van der Waals surface area contributed by atoms with Gasteiger partial charge in [-0.1, -0.05) is 25.5 Å². The minimum atomic E-state index is -0.444. The molecule has 162 valence electrons. The van der Waals surface area contributed by atoms with Crippen molar-refractivity contribution in [1.82, 2.24) is 24.1 Å². The Morgan fingerprint density at radius 1 is 1.26 bits per heavy atom. The third-order valence-corrected chi connectivity index (χ3v) is 5.93. The summed E-state index contributed by atoms with van der Waals surface area (Å²) in [5.74, 6) is 0.612. The van der Waals surface area contributed by atoms with Crippen molar-refractivity contribution in [3.05, 3.63) is 62.1 Å². The molecule has 1 amide bonds. The van der Waals surface area contributed by atoms with Gasteiger partial charge in [0.25, 0.3) is 5.56 Å². The molecule has 0 unspecified atom stereocenters. The molecule has 9 nitrogen and oxygen atoms in total. The van der Waals surface area contributed by atoms with Crippen molar-refractivity contribution in [2.75, 3.05) is 7.11 Å². The molecule has 4 rings (SSSR count). The fourth-order valence-corrected chi connectivity index (χ4v) is 4.25. The summed E-state index contributed by atoms with van der Waals surface area (Å²) < 4.78 is 9.74. The Balaban J connectivity index is 1.63. The average Bonchev–Trinajstić information content (AvgIpc) is 3.38.